The van der Waals surface area contributed by atoms with Crippen LogP contribution in [-0.4, -0.2) is 80.4 Å². The highest BCUT2D eigenvalue weighted by Crippen LogP contribution is 2.21. The van der Waals surface area contributed by atoms with Gasteiger partial charge >= 0.3 is 0 Å². The van der Waals surface area contributed by atoms with Crippen LogP contribution in [0.1, 0.15) is 39.5 Å². The van der Waals surface area contributed by atoms with E-state index in [1.54, 1.807) is 0 Å². The van der Waals surface area contributed by atoms with Crippen molar-refractivity contribution in [3.63, 3.8) is 0 Å². The van der Waals surface area contributed by atoms with Crippen LogP contribution in [0.3, 0.4) is 0 Å². The van der Waals surface area contributed by atoms with Crippen molar-refractivity contribution in [1.29, 1.82) is 0 Å². The standard InChI is InChI=1S/C18H35N3O3.2ClH/c1-3-20(4-2)11-14-24-16-5-9-21(10-6-16)18(22)17(19)15-7-12-23-13-8-15;;/h15-17H,3-14,19H2,1-2H3;2*1H. The molecule has 0 bridgehead atoms. The first kappa shape index (κ1) is 25.9. The first-order valence-corrected chi connectivity index (χ1v) is 9.61. The number of hydrogen-bond acceptors (Lipinski definition) is 5. The zero-order valence-electron chi connectivity index (χ0n) is 16.2. The summed E-state index contributed by atoms with van der Waals surface area (Å²) < 4.78 is 11.4. The lowest BCUT2D eigenvalue weighted by Gasteiger charge is -2.36. The van der Waals surface area contributed by atoms with Crippen molar-refractivity contribution in [2.45, 2.75) is 51.7 Å². The number of ether oxygens (including phenoxy) is 2. The molecule has 0 aromatic rings. The minimum Gasteiger partial charge on any atom is -0.381 e. The van der Waals surface area contributed by atoms with Gasteiger partial charge in [-0.3, -0.25) is 4.79 Å². The van der Waals surface area contributed by atoms with Gasteiger partial charge < -0.3 is 25.0 Å². The Balaban J connectivity index is 0.00000312. The van der Waals surface area contributed by atoms with Gasteiger partial charge in [-0.25, -0.2) is 0 Å². The van der Waals surface area contributed by atoms with Crippen molar-refractivity contribution in [3.8, 4) is 0 Å². The third-order valence-electron chi connectivity index (χ3n) is 5.47. The Labute approximate surface area is 170 Å². The maximum Gasteiger partial charge on any atom is 0.239 e. The van der Waals surface area contributed by atoms with Crippen molar-refractivity contribution in [2.75, 3.05) is 52.5 Å². The summed E-state index contributed by atoms with van der Waals surface area (Å²) >= 11 is 0. The predicted octanol–water partition coefficient (Wildman–Crippen LogP) is 1.93. The van der Waals surface area contributed by atoms with Gasteiger partial charge in [0.05, 0.1) is 18.8 Å². The molecule has 156 valence electrons. The number of rotatable bonds is 8. The van der Waals surface area contributed by atoms with Crippen molar-refractivity contribution in [3.05, 3.63) is 0 Å². The molecular formula is C18H37Cl2N3O3. The van der Waals surface area contributed by atoms with Crippen molar-refractivity contribution in [1.82, 2.24) is 9.80 Å². The van der Waals surface area contributed by atoms with E-state index in [2.05, 4.69) is 18.7 Å². The van der Waals surface area contributed by atoms with Crippen LogP contribution < -0.4 is 5.73 Å². The summed E-state index contributed by atoms with van der Waals surface area (Å²) in [5.41, 5.74) is 6.22. The molecule has 6 nitrogen and oxygen atoms in total. The fourth-order valence-corrected chi connectivity index (χ4v) is 3.62. The molecule has 2 N–H and O–H groups in total. The Bertz CT molecular complexity index is 373. The molecule has 1 unspecified atom stereocenters. The molecule has 0 spiro atoms. The number of hydrogen-bond donors (Lipinski definition) is 1. The van der Waals surface area contributed by atoms with Gasteiger partial charge in [-0.15, -0.1) is 24.8 Å². The summed E-state index contributed by atoms with van der Waals surface area (Å²) in [6, 6.07) is -0.367. The molecule has 2 heterocycles. The lowest BCUT2D eigenvalue weighted by Crippen LogP contribution is -2.52. The fraction of sp³-hybridized carbons (Fsp3) is 0.944. The van der Waals surface area contributed by atoms with E-state index in [1.807, 2.05) is 4.90 Å². The lowest BCUT2D eigenvalue weighted by molar-refractivity contribution is -0.137. The van der Waals surface area contributed by atoms with Crippen LogP contribution >= 0.6 is 24.8 Å². The maximum absolute atomic E-state index is 12.6. The summed E-state index contributed by atoms with van der Waals surface area (Å²) in [6.07, 6.45) is 3.92. The van der Waals surface area contributed by atoms with Gasteiger partial charge in [-0.05, 0) is 44.7 Å². The van der Waals surface area contributed by atoms with Gasteiger partial charge in [0.1, 0.15) is 0 Å². The number of amides is 1. The van der Waals surface area contributed by atoms with Crippen LogP contribution in [0.25, 0.3) is 0 Å². The monoisotopic (exact) mass is 413 g/mol. The highest BCUT2D eigenvalue weighted by Gasteiger charge is 2.32. The molecule has 0 aliphatic carbocycles. The first-order valence-electron chi connectivity index (χ1n) is 9.61. The molecule has 2 rings (SSSR count). The average Bonchev–Trinajstić information content (AvgIpc) is 2.65. The van der Waals surface area contributed by atoms with E-state index in [4.69, 9.17) is 15.2 Å². The summed E-state index contributed by atoms with van der Waals surface area (Å²) in [5, 5.41) is 0. The molecule has 1 amide bonds. The summed E-state index contributed by atoms with van der Waals surface area (Å²) in [6.45, 7) is 11.3. The summed E-state index contributed by atoms with van der Waals surface area (Å²) in [7, 11) is 0. The number of carbonyl (C=O) groups is 1. The lowest BCUT2D eigenvalue weighted by atomic mass is 9.91. The van der Waals surface area contributed by atoms with E-state index >= 15 is 0 Å². The summed E-state index contributed by atoms with van der Waals surface area (Å²) in [4.78, 5) is 16.9. The number of carbonyl (C=O) groups excluding carboxylic acids is 1. The molecule has 26 heavy (non-hydrogen) atoms. The molecule has 2 aliphatic rings. The number of nitrogens with two attached hydrogens (primary N) is 1. The average molecular weight is 414 g/mol. The van der Waals surface area contributed by atoms with E-state index in [-0.39, 0.29) is 48.8 Å². The third-order valence-corrected chi connectivity index (χ3v) is 5.47. The molecule has 0 saturated carbocycles. The van der Waals surface area contributed by atoms with Gasteiger partial charge in [-0.1, -0.05) is 13.8 Å². The Hall–Kier alpha value is -0.110. The zero-order valence-corrected chi connectivity index (χ0v) is 17.9. The summed E-state index contributed by atoms with van der Waals surface area (Å²) in [5.74, 6) is 0.387. The molecule has 0 radical (unpaired) electrons. The number of likely N-dealkylation sites (tertiary alicyclic amines) is 1. The largest absolute Gasteiger partial charge is 0.381 e. The molecule has 0 aromatic carbocycles. The Morgan fingerprint density at radius 2 is 1.73 bits per heavy atom. The quantitative estimate of drug-likeness (QED) is 0.658. The molecule has 8 heteroatoms. The van der Waals surface area contributed by atoms with Gasteiger partial charge in [0.15, 0.2) is 0 Å². The topological polar surface area (TPSA) is 68.0 Å². The second-order valence-electron chi connectivity index (χ2n) is 6.90. The van der Waals surface area contributed by atoms with E-state index in [0.29, 0.717) is 0 Å². The van der Waals surface area contributed by atoms with Crippen molar-refractivity contribution >= 4 is 30.7 Å². The van der Waals surface area contributed by atoms with Crippen LogP contribution in [0.5, 0.6) is 0 Å². The highest BCUT2D eigenvalue weighted by molar-refractivity contribution is 5.85. The Morgan fingerprint density at radius 3 is 2.27 bits per heavy atom. The van der Waals surface area contributed by atoms with Crippen molar-refractivity contribution < 1.29 is 14.3 Å². The molecule has 2 saturated heterocycles. The second-order valence-corrected chi connectivity index (χ2v) is 6.90. The van der Waals surface area contributed by atoms with E-state index in [9.17, 15) is 4.79 Å². The number of piperidine rings is 1. The predicted molar refractivity (Wildman–Crippen MR) is 109 cm³/mol. The van der Waals surface area contributed by atoms with Crippen molar-refractivity contribution in [2.24, 2.45) is 11.7 Å². The van der Waals surface area contributed by atoms with Crippen LogP contribution in [0.2, 0.25) is 0 Å². The fourth-order valence-electron chi connectivity index (χ4n) is 3.62. The van der Waals surface area contributed by atoms with Crippen LogP contribution in [0.15, 0.2) is 0 Å². The number of nitrogens with zero attached hydrogens (tertiary/aromatic N) is 2. The molecule has 0 aromatic heterocycles. The zero-order chi connectivity index (χ0) is 17.4. The molecular weight excluding hydrogens is 377 g/mol. The normalized spacial score (nSPS) is 20.4. The second kappa shape index (κ2) is 14.0. The van der Waals surface area contributed by atoms with Gasteiger partial charge in [-0.2, -0.15) is 0 Å². The first-order chi connectivity index (χ1) is 11.7. The number of halogens is 2. The number of likely N-dealkylation sites (N-methyl/N-ethyl adjacent to an activating group) is 1. The molecule has 1 atom stereocenters. The smallest absolute Gasteiger partial charge is 0.239 e. The van der Waals surface area contributed by atoms with Gasteiger partial charge in [0.25, 0.3) is 0 Å². The van der Waals surface area contributed by atoms with E-state index in [0.717, 1.165) is 78.2 Å². The minimum atomic E-state index is -0.367. The minimum absolute atomic E-state index is 0. The van der Waals surface area contributed by atoms with E-state index < -0.39 is 0 Å². The van der Waals surface area contributed by atoms with Gasteiger partial charge in [0, 0.05) is 32.8 Å². The molecule has 2 aliphatic heterocycles. The molecule has 2 fully saturated rings. The third kappa shape index (κ3) is 7.87. The Kier molecular flexibility index (Phi) is 13.9. The van der Waals surface area contributed by atoms with Crippen LogP contribution in [-0.2, 0) is 14.3 Å². The SMILES string of the molecule is CCN(CC)CCOC1CCN(C(=O)C(N)C2CCOCC2)CC1.Cl.Cl. The van der Waals surface area contributed by atoms with Crippen LogP contribution in [0, 0.1) is 5.92 Å². The van der Waals surface area contributed by atoms with E-state index in [1.165, 1.54) is 0 Å². The maximum atomic E-state index is 12.6. The van der Waals surface area contributed by atoms with Gasteiger partial charge in [0.2, 0.25) is 5.91 Å². The highest BCUT2D eigenvalue weighted by atomic mass is 35.5. The van der Waals surface area contributed by atoms with Crippen LogP contribution in [0.4, 0.5) is 0 Å². The Morgan fingerprint density at radius 1 is 1.15 bits per heavy atom.